The van der Waals surface area contributed by atoms with Crippen LogP contribution < -0.4 is 5.32 Å². The van der Waals surface area contributed by atoms with E-state index in [1.165, 1.54) is 0 Å². The van der Waals surface area contributed by atoms with Gasteiger partial charge in [-0.25, -0.2) is 4.79 Å². The standard InChI is InChI=1S/C19H23N5O3/c1-3-27-19(26)14-6-4-5-7-15(14)20-17-9-8-16(21-22-17)18(25)24-12-10-23(2)11-13-24/h4-9H,3,10-13H2,1-2H3,(H,20,22). The molecule has 2 heterocycles. The zero-order valence-corrected chi connectivity index (χ0v) is 15.5. The molecule has 1 aliphatic rings. The lowest BCUT2D eigenvalue weighted by Gasteiger charge is -2.32. The highest BCUT2D eigenvalue weighted by Gasteiger charge is 2.21. The molecule has 0 saturated carbocycles. The number of piperazine rings is 1. The minimum Gasteiger partial charge on any atom is -0.462 e. The van der Waals surface area contributed by atoms with Crippen molar-refractivity contribution >= 4 is 23.4 Å². The van der Waals surface area contributed by atoms with Gasteiger partial charge in [-0.15, -0.1) is 10.2 Å². The van der Waals surface area contributed by atoms with Crippen molar-refractivity contribution in [2.75, 3.05) is 45.2 Å². The van der Waals surface area contributed by atoms with E-state index in [0.717, 1.165) is 13.1 Å². The van der Waals surface area contributed by atoms with Crippen LogP contribution in [0.15, 0.2) is 36.4 Å². The van der Waals surface area contributed by atoms with E-state index in [0.29, 0.717) is 42.5 Å². The first-order chi connectivity index (χ1) is 13.1. The molecule has 0 spiro atoms. The monoisotopic (exact) mass is 369 g/mol. The number of esters is 1. The summed E-state index contributed by atoms with van der Waals surface area (Å²) in [4.78, 5) is 28.5. The number of anilines is 2. The Morgan fingerprint density at radius 1 is 1.07 bits per heavy atom. The number of amides is 1. The number of carbonyl (C=O) groups is 2. The van der Waals surface area contributed by atoms with Gasteiger partial charge in [0.1, 0.15) is 0 Å². The van der Waals surface area contributed by atoms with Crippen LogP contribution in [0.4, 0.5) is 11.5 Å². The summed E-state index contributed by atoms with van der Waals surface area (Å²) in [5.74, 6) is -0.0776. The maximum absolute atomic E-state index is 12.5. The third-order valence-corrected chi connectivity index (χ3v) is 4.36. The average molecular weight is 369 g/mol. The second kappa shape index (κ2) is 8.59. The van der Waals surface area contributed by atoms with Gasteiger partial charge in [0.05, 0.1) is 17.9 Å². The van der Waals surface area contributed by atoms with Crippen LogP contribution in [0.2, 0.25) is 0 Å². The molecule has 8 heteroatoms. The van der Waals surface area contributed by atoms with E-state index in [1.807, 2.05) is 13.1 Å². The Bertz CT molecular complexity index is 801. The van der Waals surface area contributed by atoms with Crippen molar-refractivity contribution in [2.24, 2.45) is 0 Å². The molecule has 1 aromatic carbocycles. The molecule has 1 aliphatic heterocycles. The summed E-state index contributed by atoms with van der Waals surface area (Å²) in [5.41, 5.74) is 1.30. The molecule has 1 amide bonds. The summed E-state index contributed by atoms with van der Waals surface area (Å²) < 4.78 is 5.06. The molecule has 0 unspecified atom stereocenters. The molecule has 2 aromatic rings. The third kappa shape index (κ3) is 4.59. The normalized spacial score (nSPS) is 14.7. The molecule has 27 heavy (non-hydrogen) atoms. The summed E-state index contributed by atoms with van der Waals surface area (Å²) in [6.07, 6.45) is 0. The maximum Gasteiger partial charge on any atom is 0.340 e. The zero-order valence-electron chi connectivity index (χ0n) is 15.5. The highest BCUT2D eigenvalue weighted by atomic mass is 16.5. The number of carbonyl (C=O) groups excluding carboxylic acids is 2. The van der Waals surface area contributed by atoms with Gasteiger partial charge >= 0.3 is 5.97 Å². The molecular formula is C19H23N5O3. The lowest BCUT2D eigenvalue weighted by molar-refractivity contribution is 0.0527. The van der Waals surface area contributed by atoms with Crippen LogP contribution in [-0.2, 0) is 4.74 Å². The maximum atomic E-state index is 12.5. The van der Waals surface area contributed by atoms with E-state index in [9.17, 15) is 9.59 Å². The minimum atomic E-state index is -0.407. The smallest absolute Gasteiger partial charge is 0.340 e. The van der Waals surface area contributed by atoms with Crippen molar-refractivity contribution in [1.29, 1.82) is 0 Å². The Morgan fingerprint density at radius 3 is 2.48 bits per heavy atom. The Balaban J connectivity index is 1.70. The molecule has 3 rings (SSSR count). The molecule has 1 saturated heterocycles. The summed E-state index contributed by atoms with van der Waals surface area (Å²) >= 11 is 0. The fourth-order valence-corrected chi connectivity index (χ4v) is 2.80. The van der Waals surface area contributed by atoms with Gasteiger partial charge in [-0.3, -0.25) is 4.79 Å². The van der Waals surface area contributed by atoms with Gasteiger partial charge in [0.25, 0.3) is 5.91 Å². The van der Waals surface area contributed by atoms with E-state index in [-0.39, 0.29) is 5.91 Å². The molecule has 0 aliphatic carbocycles. The molecule has 0 radical (unpaired) electrons. The lowest BCUT2D eigenvalue weighted by atomic mass is 10.2. The Labute approximate surface area is 158 Å². The van der Waals surface area contributed by atoms with E-state index in [2.05, 4.69) is 20.4 Å². The summed E-state index contributed by atoms with van der Waals surface area (Å²) in [7, 11) is 2.04. The van der Waals surface area contributed by atoms with Gasteiger partial charge in [-0.05, 0) is 38.2 Å². The molecule has 1 aromatic heterocycles. The number of nitrogens with one attached hydrogen (secondary N) is 1. The largest absolute Gasteiger partial charge is 0.462 e. The summed E-state index contributed by atoms with van der Waals surface area (Å²) in [5, 5.41) is 11.2. The number of ether oxygens (including phenoxy) is 1. The second-order valence-electron chi connectivity index (χ2n) is 6.29. The predicted molar refractivity (Wildman–Crippen MR) is 101 cm³/mol. The molecule has 1 fully saturated rings. The van der Waals surface area contributed by atoms with Crippen molar-refractivity contribution in [3.63, 3.8) is 0 Å². The Morgan fingerprint density at radius 2 is 1.81 bits per heavy atom. The number of likely N-dealkylation sites (N-methyl/N-ethyl adjacent to an activating group) is 1. The number of nitrogens with zero attached hydrogens (tertiary/aromatic N) is 4. The molecule has 0 bridgehead atoms. The number of rotatable bonds is 5. The van der Waals surface area contributed by atoms with Crippen LogP contribution in [0.1, 0.15) is 27.8 Å². The Kier molecular flexibility index (Phi) is 5.97. The second-order valence-corrected chi connectivity index (χ2v) is 6.29. The molecule has 0 atom stereocenters. The SMILES string of the molecule is CCOC(=O)c1ccccc1Nc1ccc(C(=O)N2CCN(C)CC2)nn1. The van der Waals surface area contributed by atoms with E-state index in [4.69, 9.17) is 4.74 Å². The Hall–Kier alpha value is -3.00. The topological polar surface area (TPSA) is 87.7 Å². The predicted octanol–water partition coefficient (Wildman–Crippen LogP) is 1.78. The van der Waals surface area contributed by atoms with Crippen LogP contribution in [0, 0.1) is 0 Å². The number of para-hydroxylation sites is 1. The fraction of sp³-hybridized carbons (Fsp3) is 0.368. The van der Waals surface area contributed by atoms with Crippen molar-refractivity contribution in [2.45, 2.75) is 6.92 Å². The lowest BCUT2D eigenvalue weighted by Crippen LogP contribution is -2.47. The van der Waals surface area contributed by atoms with Crippen LogP contribution in [0.25, 0.3) is 0 Å². The van der Waals surface area contributed by atoms with Crippen LogP contribution in [-0.4, -0.2) is 71.7 Å². The minimum absolute atomic E-state index is 0.117. The summed E-state index contributed by atoms with van der Waals surface area (Å²) in [6, 6.07) is 10.3. The fourth-order valence-electron chi connectivity index (χ4n) is 2.80. The molecule has 142 valence electrons. The number of hydrogen-bond donors (Lipinski definition) is 1. The van der Waals surface area contributed by atoms with Gasteiger partial charge in [0.15, 0.2) is 11.5 Å². The van der Waals surface area contributed by atoms with Crippen LogP contribution >= 0.6 is 0 Å². The van der Waals surface area contributed by atoms with Crippen molar-refractivity contribution in [3.8, 4) is 0 Å². The number of hydrogen-bond acceptors (Lipinski definition) is 7. The van der Waals surface area contributed by atoms with E-state index >= 15 is 0 Å². The van der Waals surface area contributed by atoms with Crippen molar-refractivity contribution in [1.82, 2.24) is 20.0 Å². The number of aromatic nitrogens is 2. The third-order valence-electron chi connectivity index (χ3n) is 4.36. The van der Waals surface area contributed by atoms with E-state index in [1.54, 1.807) is 42.2 Å². The van der Waals surface area contributed by atoms with Crippen LogP contribution in [0.5, 0.6) is 0 Å². The summed E-state index contributed by atoms with van der Waals surface area (Å²) in [6.45, 7) is 5.13. The van der Waals surface area contributed by atoms with Gasteiger partial charge in [0, 0.05) is 26.2 Å². The number of benzene rings is 1. The van der Waals surface area contributed by atoms with Crippen molar-refractivity contribution < 1.29 is 14.3 Å². The first-order valence-electron chi connectivity index (χ1n) is 8.93. The van der Waals surface area contributed by atoms with Gasteiger partial charge in [-0.1, -0.05) is 12.1 Å². The first kappa shape index (κ1) is 18.8. The van der Waals surface area contributed by atoms with Gasteiger partial charge in [-0.2, -0.15) is 0 Å². The molecule has 1 N–H and O–H groups in total. The average Bonchev–Trinajstić information content (AvgIpc) is 2.69. The molecular weight excluding hydrogens is 346 g/mol. The van der Waals surface area contributed by atoms with E-state index < -0.39 is 5.97 Å². The van der Waals surface area contributed by atoms with Crippen molar-refractivity contribution in [3.05, 3.63) is 47.7 Å². The van der Waals surface area contributed by atoms with Gasteiger partial charge < -0.3 is 19.9 Å². The quantitative estimate of drug-likeness (QED) is 0.804. The zero-order chi connectivity index (χ0) is 19.2. The van der Waals surface area contributed by atoms with Gasteiger partial charge in [0.2, 0.25) is 0 Å². The van der Waals surface area contributed by atoms with Crippen LogP contribution in [0.3, 0.4) is 0 Å². The highest BCUT2D eigenvalue weighted by Crippen LogP contribution is 2.20. The molecule has 8 nitrogen and oxygen atoms in total. The first-order valence-corrected chi connectivity index (χ1v) is 8.93. The highest BCUT2D eigenvalue weighted by molar-refractivity contribution is 5.96.